The molecule has 0 atom stereocenters. The number of nitrogens with zero attached hydrogens (tertiary/aromatic N) is 3. The minimum Gasteiger partial charge on any atom is -0.366 e. The molecule has 2 rings (SSSR count). The van der Waals surface area contributed by atoms with Crippen LogP contribution >= 0.6 is 0 Å². The van der Waals surface area contributed by atoms with E-state index in [0.29, 0.717) is 0 Å². The lowest BCUT2D eigenvalue weighted by Crippen LogP contribution is -2.17. The Morgan fingerprint density at radius 3 is 2.05 bits per heavy atom. The van der Waals surface area contributed by atoms with Crippen molar-refractivity contribution in [3.05, 3.63) is 59.7 Å². The third kappa shape index (κ3) is 4.56. The first kappa shape index (κ1) is 15.0. The number of hydrogen-bond donors (Lipinski definition) is 0. The van der Waals surface area contributed by atoms with Gasteiger partial charge in [0.15, 0.2) is 0 Å². The predicted molar refractivity (Wildman–Crippen MR) is 91.3 cm³/mol. The van der Waals surface area contributed by atoms with Gasteiger partial charge in [-0.25, -0.2) is 4.99 Å². The average Bonchev–Trinajstić information content (AvgIpc) is 2.48. The van der Waals surface area contributed by atoms with E-state index in [1.165, 1.54) is 5.56 Å². The molecule has 0 amide bonds. The quantitative estimate of drug-likeness (QED) is 0.606. The van der Waals surface area contributed by atoms with Gasteiger partial charge in [-0.3, -0.25) is 4.99 Å². The van der Waals surface area contributed by atoms with Crippen LogP contribution in [0, 0.1) is 6.92 Å². The van der Waals surface area contributed by atoms with Crippen molar-refractivity contribution in [2.45, 2.75) is 13.8 Å². The zero-order valence-electron chi connectivity index (χ0n) is 13.0. The van der Waals surface area contributed by atoms with Crippen molar-refractivity contribution in [1.82, 2.24) is 4.90 Å². The lowest BCUT2D eigenvalue weighted by Gasteiger charge is -2.10. The maximum absolute atomic E-state index is 4.52. The molecule has 0 aromatic heterocycles. The Hall–Kier alpha value is -2.42. The number of aliphatic imine (C=N–C) groups is 2. The highest BCUT2D eigenvalue weighted by Gasteiger charge is 1.95. The first-order valence-corrected chi connectivity index (χ1v) is 6.98. The summed E-state index contributed by atoms with van der Waals surface area (Å²) in [6.07, 6.45) is 1.88. The zero-order valence-corrected chi connectivity index (χ0v) is 13.0. The molecule has 0 saturated carbocycles. The number of amidine groups is 1. The SMILES string of the molecule is CC(=Nc1ccc(N=Cc2ccc(C)cc2)cc1)N(C)C. The third-order valence-electron chi connectivity index (χ3n) is 3.23. The Morgan fingerprint density at radius 1 is 0.905 bits per heavy atom. The highest BCUT2D eigenvalue weighted by Crippen LogP contribution is 2.19. The first-order chi connectivity index (χ1) is 10.0. The summed E-state index contributed by atoms with van der Waals surface area (Å²) in [5, 5.41) is 0. The lowest BCUT2D eigenvalue weighted by molar-refractivity contribution is 0.619. The van der Waals surface area contributed by atoms with E-state index in [0.717, 1.165) is 22.8 Å². The Morgan fingerprint density at radius 2 is 1.48 bits per heavy atom. The minimum atomic E-state index is 0.928. The van der Waals surface area contributed by atoms with Gasteiger partial charge in [-0.15, -0.1) is 0 Å². The van der Waals surface area contributed by atoms with Gasteiger partial charge in [0.25, 0.3) is 0 Å². The van der Waals surface area contributed by atoms with Crippen LogP contribution in [-0.4, -0.2) is 31.0 Å². The van der Waals surface area contributed by atoms with E-state index in [-0.39, 0.29) is 0 Å². The number of rotatable bonds is 3. The standard InChI is InChI=1S/C18H21N3/c1-14-5-7-16(8-6-14)13-19-17-9-11-18(12-10-17)20-15(2)21(3)4/h5-13H,1-4H3. The van der Waals surface area contributed by atoms with Crippen LogP contribution in [0.15, 0.2) is 58.5 Å². The molecule has 0 heterocycles. The largest absolute Gasteiger partial charge is 0.366 e. The van der Waals surface area contributed by atoms with Crippen LogP contribution in [0.5, 0.6) is 0 Å². The Kier molecular flexibility index (Phi) is 4.88. The van der Waals surface area contributed by atoms with Gasteiger partial charge in [0, 0.05) is 20.3 Å². The van der Waals surface area contributed by atoms with E-state index in [4.69, 9.17) is 0 Å². The van der Waals surface area contributed by atoms with Crippen molar-refractivity contribution in [1.29, 1.82) is 0 Å². The zero-order chi connectivity index (χ0) is 15.2. The van der Waals surface area contributed by atoms with Gasteiger partial charge in [0.2, 0.25) is 0 Å². The summed E-state index contributed by atoms with van der Waals surface area (Å²) >= 11 is 0. The Bertz CT molecular complexity index is 635. The molecule has 0 radical (unpaired) electrons. The van der Waals surface area contributed by atoms with Crippen LogP contribution < -0.4 is 0 Å². The Balaban J connectivity index is 2.09. The molecule has 3 nitrogen and oxygen atoms in total. The van der Waals surface area contributed by atoms with Crippen molar-refractivity contribution in [3.8, 4) is 0 Å². The third-order valence-corrected chi connectivity index (χ3v) is 3.23. The molecule has 2 aromatic rings. The van der Waals surface area contributed by atoms with E-state index < -0.39 is 0 Å². The molecule has 0 aliphatic carbocycles. The number of aryl methyl sites for hydroxylation is 1. The van der Waals surface area contributed by atoms with E-state index in [2.05, 4.69) is 41.2 Å². The van der Waals surface area contributed by atoms with Gasteiger partial charge >= 0.3 is 0 Å². The van der Waals surface area contributed by atoms with E-state index in [1.807, 2.05) is 56.4 Å². The second-order valence-corrected chi connectivity index (χ2v) is 5.24. The summed E-state index contributed by atoms with van der Waals surface area (Å²) < 4.78 is 0. The van der Waals surface area contributed by atoms with Crippen LogP contribution in [0.1, 0.15) is 18.1 Å². The first-order valence-electron chi connectivity index (χ1n) is 6.98. The summed E-state index contributed by atoms with van der Waals surface area (Å²) in [4.78, 5) is 11.0. The second kappa shape index (κ2) is 6.84. The topological polar surface area (TPSA) is 28.0 Å². The maximum atomic E-state index is 4.52. The van der Waals surface area contributed by atoms with Gasteiger partial charge in [0.1, 0.15) is 5.84 Å². The molecule has 0 aliphatic rings. The summed E-state index contributed by atoms with van der Waals surface area (Å²) in [5.74, 6) is 0.978. The molecule has 21 heavy (non-hydrogen) atoms. The van der Waals surface area contributed by atoms with Gasteiger partial charge in [0.05, 0.1) is 11.4 Å². The molecule has 2 aromatic carbocycles. The average molecular weight is 279 g/mol. The number of hydrogen-bond acceptors (Lipinski definition) is 2. The van der Waals surface area contributed by atoms with Gasteiger partial charge in [-0.05, 0) is 43.7 Å². The second-order valence-electron chi connectivity index (χ2n) is 5.24. The summed E-state index contributed by atoms with van der Waals surface area (Å²) in [6, 6.07) is 16.2. The van der Waals surface area contributed by atoms with E-state index >= 15 is 0 Å². The fourth-order valence-corrected chi connectivity index (χ4v) is 1.70. The fourth-order valence-electron chi connectivity index (χ4n) is 1.70. The van der Waals surface area contributed by atoms with Crippen LogP contribution in [0.4, 0.5) is 11.4 Å². The van der Waals surface area contributed by atoms with E-state index in [1.54, 1.807) is 0 Å². The molecule has 0 aliphatic heterocycles. The van der Waals surface area contributed by atoms with Crippen molar-refractivity contribution in [2.75, 3.05) is 14.1 Å². The monoisotopic (exact) mass is 279 g/mol. The van der Waals surface area contributed by atoms with Crippen molar-refractivity contribution in [3.63, 3.8) is 0 Å². The van der Waals surface area contributed by atoms with Crippen LogP contribution in [0.3, 0.4) is 0 Å². The molecule has 3 heteroatoms. The van der Waals surface area contributed by atoms with Gasteiger partial charge in [-0.1, -0.05) is 29.8 Å². The molecule has 0 spiro atoms. The fraction of sp³-hybridized carbons (Fsp3) is 0.222. The van der Waals surface area contributed by atoms with E-state index in [9.17, 15) is 0 Å². The van der Waals surface area contributed by atoms with Crippen molar-refractivity contribution >= 4 is 23.4 Å². The van der Waals surface area contributed by atoms with Crippen LogP contribution in [-0.2, 0) is 0 Å². The van der Waals surface area contributed by atoms with Crippen molar-refractivity contribution in [2.24, 2.45) is 9.98 Å². The molecular formula is C18H21N3. The van der Waals surface area contributed by atoms with Crippen LogP contribution in [0.2, 0.25) is 0 Å². The smallest absolute Gasteiger partial charge is 0.101 e. The molecule has 0 fully saturated rings. The Labute approximate surface area is 126 Å². The molecule has 0 N–H and O–H groups in total. The minimum absolute atomic E-state index is 0.928. The summed E-state index contributed by atoms with van der Waals surface area (Å²) in [5.41, 5.74) is 4.23. The molecule has 0 saturated heterocycles. The van der Waals surface area contributed by atoms with Crippen molar-refractivity contribution < 1.29 is 0 Å². The van der Waals surface area contributed by atoms with Crippen LogP contribution in [0.25, 0.3) is 0 Å². The normalized spacial score (nSPS) is 11.9. The van der Waals surface area contributed by atoms with Gasteiger partial charge < -0.3 is 4.90 Å². The molecule has 0 unspecified atom stereocenters. The maximum Gasteiger partial charge on any atom is 0.101 e. The summed E-state index contributed by atoms with van der Waals surface area (Å²) in [6.45, 7) is 4.07. The predicted octanol–water partition coefficient (Wildman–Crippen LogP) is 4.36. The highest BCUT2D eigenvalue weighted by molar-refractivity contribution is 5.83. The highest BCUT2D eigenvalue weighted by atomic mass is 15.1. The molecule has 108 valence electrons. The number of benzene rings is 2. The summed E-state index contributed by atoms with van der Waals surface area (Å²) in [7, 11) is 3.97. The lowest BCUT2D eigenvalue weighted by atomic mass is 10.2. The molecule has 0 bridgehead atoms. The molecular weight excluding hydrogens is 258 g/mol. The van der Waals surface area contributed by atoms with Gasteiger partial charge in [-0.2, -0.15) is 0 Å².